The predicted octanol–water partition coefficient (Wildman–Crippen LogP) is 2.55. The summed E-state index contributed by atoms with van der Waals surface area (Å²) in [6.07, 6.45) is 0. The van der Waals surface area contributed by atoms with Crippen LogP contribution in [0.15, 0.2) is 16.6 Å². The van der Waals surface area contributed by atoms with E-state index < -0.39 is 0 Å². The molecule has 0 unspecified atom stereocenters. The maximum absolute atomic E-state index is 13.1. The van der Waals surface area contributed by atoms with Crippen LogP contribution in [0.4, 0.5) is 10.1 Å². The minimum atomic E-state index is -0.290. The molecule has 1 aromatic carbocycles. The minimum Gasteiger partial charge on any atom is -0.376 e. The van der Waals surface area contributed by atoms with E-state index in [0.717, 1.165) is 4.47 Å². The lowest BCUT2D eigenvalue weighted by atomic mass is 10.2. The van der Waals surface area contributed by atoms with Gasteiger partial charge in [-0.25, -0.2) is 4.39 Å². The van der Waals surface area contributed by atoms with E-state index in [0.29, 0.717) is 11.3 Å². The molecule has 3 N–H and O–H groups in total. The van der Waals surface area contributed by atoms with Gasteiger partial charge in [-0.05, 0) is 52.8 Å². The molecule has 0 radical (unpaired) electrons. The van der Waals surface area contributed by atoms with Crippen molar-refractivity contribution in [1.29, 1.82) is 0 Å². The number of rotatable bonds is 1. The Balaban J connectivity index is 3.08. The smallest absolute Gasteiger partial charge is 0.168 e. The highest BCUT2D eigenvalue weighted by Crippen LogP contribution is 2.25. The Bertz CT molecular complexity index is 354. The summed E-state index contributed by atoms with van der Waals surface area (Å²) in [4.78, 5) is 0. The Kier molecular flexibility index (Phi) is 3.22. The molecule has 0 saturated carbocycles. The molecular weight excluding hydrogens is 255 g/mol. The Labute approximate surface area is 89.4 Å². The Morgan fingerprint density at radius 1 is 1.62 bits per heavy atom. The lowest BCUT2D eigenvalue weighted by molar-refractivity contribution is 0.619. The molecule has 1 rings (SSSR count). The van der Waals surface area contributed by atoms with Crippen LogP contribution in [0.1, 0.15) is 5.56 Å². The van der Waals surface area contributed by atoms with Crippen molar-refractivity contribution in [2.45, 2.75) is 6.92 Å². The zero-order valence-corrected chi connectivity index (χ0v) is 9.30. The van der Waals surface area contributed by atoms with E-state index in [-0.39, 0.29) is 10.9 Å². The largest absolute Gasteiger partial charge is 0.376 e. The summed E-state index contributed by atoms with van der Waals surface area (Å²) in [7, 11) is 0. The summed E-state index contributed by atoms with van der Waals surface area (Å²) < 4.78 is 13.8. The summed E-state index contributed by atoms with van der Waals surface area (Å²) in [5.41, 5.74) is 6.37. The monoisotopic (exact) mass is 262 g/mol. The molecule has 0 aliphatic rings. The van der Waals surface area contributed by atoms with E-state index >= 15 is 0 Å². The summed E-state index contributed by atoms with van der Waals surface area (Å²) in [5.74, 6) is -0.290. The first-order valence-electron chi connectivity index (χ1n) is 3.53. The van der Waals surface area contributed by atoms with Crippen LogP contribution < -0.4 is 11.1 Å². The minimum absolute atomic E-state index is 0.115. The van der Waals surface area contributed by atoms with Gasteiger partial charge in [0.1, 0.15) is 5.82 Å². The summed E-state index contributed by atoms with van der Waals surface area (Å²) in [6, 6.07) is 3.01. The molecule has 0 aromatic heterocycles. The Morgan fingerprint density at radius 3 is 2.77 bits per heavy atom. The molecule has 0 spiro atoms. The number of thiocarbonyl (C=S) groups is 1. The highest BCUT2D eigenvalue weighted by atomic mass is 79.9. The molecule has 0 amide bonds. The number of anilines is 1. The van der Waals surface area contributed by atoms with Gasteiger partial charge < -0.3 is 11.1 Å². The van der Waals surface area contributed by atoms with Gasteiger partial charge in [0.25, 0.3) is 0 Å². The predicted molar refractivity (Wildman–Crippen MR) is 59.2 cm³/mol. The van der Waals surface area contributed by atoms with Crippen molar-refractivity contribution in [2.75, 3.05) is 5.32 Å². The van der Waals surface area contributed by atoms with E-state index in [4.69, 9.17) is 5.73 Å². The second-order valence-corrected chi connectivity index (χ2v) is 3.86. The van der Waals surface area contributed by atoms with Crippen molar-refractivity contribution in [3.05, 3.63) is 28.0 Å². The third-order valence-electron chi connectivity index (χ3n) is 1.51. The van der Waals surface area contributed by atoms with E-state index in [1.807, 2.05) is 0 Å². The third-order valence-corrected chi connectivity index (χ3v) is 2.26. The number of nitrogens with one attached hydrogen (secondary N) is 1. The molecule has 0 heterocycles. The summed E-state index contributed by atoms with van der Waals surface area (Å²) in [5, 5.41) is 2.78. The van der Waals surface area contributed by atoms with E-state index in [9.17, 15) is 4.39 Å². The van der Waals surface area contributed by atoms with Crippen LogP contribution in [0.25, 0.3) is 0 Å². The van der Waals surface area contributed by atoms with Crippen LogP contribution in [0.2, 0.25) is 0 Å². The molecule has 13 heavy (non-hydrogen) atoms. The molecule has 5 heteroatoms. The fraction of sp³-hybridized carbons (Fsp3) is 0.125. The number of halogens is 2. The summed E-state index contributed by atoms with van der Waals surface area (Å²) in [6.45, 7) is 1.69. The van der Waals surface area contributed by atoms with Crippen molar-refractivity contribution in [3.63, 3.8) is 0 Å². The van der Waals surface area contributed by atoms with Crippen LogP contribution in [0.5, 0.6) is 0 Å². The zero-order valence-electron chi connectivity index (χ0n) is 6.90. The molecule has 70 valence electrons. The molecule has 0 aliphatic carbocycles. The molecule has 0 bridgehead atoms. The number of hydrogen-bond donors (Lipinski definition) is 2. The number of hydrogen-bond acceptors (Lipinski definition) is 1. The van der Waals surface area contributed by atoms with E-state index in [2.05, 4.69) is 33.5 Å². The normalized spacial score (nSPS) is 9.77. The van der Waals surface area contributed by atoms with Gasteiger partial charge in [0.2, 0.25) is 0 Å². The van der Waals surface area contributed by atoms with Gasteiger partial charge in [0.05, 0.1) is 5.69 Å². The van der Waals surface area contributed by atoms with E-state index in [1.54, 1.807) is 13.0 Å². The van der Waals surface area contributed by atoms with E-state index in [1.165, 1.54) is 6.07 Å². The van der Waals surface area contributed by atoms with Gasteiger partial charge in [-0.2, -0.15) is 0 Å². The van der Waals surface area contributed by atoms with Gasteiger partial charge in [-0.3, -0.25) is 0 Å². The van der Waals surface area contributed by atoms with Gasteiger partial charge in [-0.1, -0.05) is 0 Å². The first-order chi connectivity index (χ1) is 6.00. The Hall–Kier alpha value is -0.680. The average Bonchev–Trinajstić information content (AvgIpc) is 1.99. The number of benzene rings is 1. The first-order valence-corrected chi connectivity index (χ1v) is 4.73. The Morgan fingerprint density at radius 2 is 2.23 bits per heavy atom. The second kappa shape index (κ2) is 4.02. The van der Waals surface area contributed by atoms with Crippen LogP contribution in [0, 0.1) is 12.7 Å². The highest BCUT2D eigenvalue weighted by Gasteiger charge is 2.05. The first kappa shape index (κ1) is 10.4. The maximum atomic E-state index is 13.1. The van der Waals surface area contributed by atoms with Crippen molar-refractivity contribution >= 4 is 38.9 Å². The second-order valence-electron chi connectivity index (χ2n) is 2.57. The average molecular weight is 263 g/mol. The number of nitrogens with two attached hydrogens (primary N) is 1. The fourth-order valence-electron chi connectivity index (χ4n) is 0.875. The fourth-order valence-corrected chi connectivity index (χ4v) is 1.54. The third kappa shape index (κ3) is 2.63. The lowest BCUT2D eigenvalue weighted by Gasteiger charge is -2.07. The van der Waals surface area contributed by atoms with Gasteiger partial charge >= 0.3 is 0 Å². The topological polar surface area (TPSA) is 38.0 Å². The van der Waals surface area contributed by atoms with Crippen molar-refractivity contribution < 1.29 is 4.39 Å². The number of aryl methyl sites for hydroxylation is 1. The lowest BCUT2D eigenvalue weighted by Crippen LogP contribution is -2.19. The van der Waals surface area contributed by atoms with Crippen LogP contribution in [-0.2, 0) is 0 Å². The quantitative estimate of drug-likeness (QED) is 0.765. The van der Waals surface area contributed by atoms with Crippen LogP contribution in [-0.4, -0.2) is 5.11 Å². The van der Waals surface area contributed by atoms with Gasteiger partial charge in [0.15, 0.2) is 5.11 Å². The summed E-state index contributed by atoms with van der Waals surface area (Å²) >= 11 is 7.90. The molecule has 0 atom stereocenters. The van der Waals surface area contributed by atoms with Crippen LogP contribution >= 0.6 is 28.1 Å². The van der Waals surface area contributed by atoms with Crippen LogP contribution in [0.3, 0.4) is 0 Å². The molecule has 2 nitrogen and oxygen atoms in total. The molecule has 0 fully saturated rings. The van der Waals surface area contributed by atoms with Gasteiger partial charge in [0, 0.05) is 4.47 Å². The SMILES string of the molecule is Cc1cc(Br)c(NC(N)=S)cc1F. The highest BCUT2D eigenvalue weighted by molar-refractivity contribution is 9.10. The maximum Gasteiger partial charge on any atom is 0.168 e. The molecular formula is C8H8BrFN2S. The molecule has 0 aliphatic heterocycles. The van der Waals surface area contributed by atoms with Gasteiger partial charge in [-0.15, -0.1) is 0 Å². The van der Waals surface area contributed by atoms with Crippen molar-refractivity contribution in [3.8, 4) is 0 Å². The molecule has 0 saturated heterocycles. The standard InChI is InChI=1S/C8H8BrFN2S/c1-4-2-5(9)7(3-6(4)10)12-8(11)13/h2-3H,1H3,(H3,11,12,13). The molecule has 1 aromatic rings. The van der Waals surface area contributed by atoms with Crippen molar-refractivity contribution in [2.24, 2.45) is 5.73 Å². The zero-order chi connectivity index (χ0) is 10.0. The van der Waals surface area contributed by atoms with Crippen molar-refractivity contribution in [1.82, 2.24) is 0 Å².